The van der Waals surface area contributed by atoms with Crippen LogP contribution in [-0.2, 0) is 9.59 Å². The summed E-state index contributed by atoms with van der Waals surface area (Å²) in [4.78, 5) is 23.1. The van der Waals surface area contributed by atoms with Gasteiger partial charge in [0.25, 0.3) is 11.8 Å². The van der Waals surface area contributed by atoms with E-state index in [4.69, 9.17) is 33.7 Å². The molecule has 0 aliphatic carbocycles. The molecule has 0 fully saturated rings. The Balaban J connectivity index is 2.21. The molecule has 2 aromatic carbocycles. The average molecular weight is 404 g/mol. The zero-order chi connectivity index (χ0) is 20.0. The van der Waals surface area contributed by atoms with Crippen LogP contribution >= 0.6 is 23.2 Å². The lowest BCUT2D eigenvalue weighted by molar-refractivity contribution is -0.120. The third-order valence-electron chi connectivity index (χ3n) is 3.45. The van der Waals surface area contributed by atoms with Crippen molar-refractivity contribution < 1.29 is 14.3 Å². The van der Waals surface area contributed by atoms with E-state index in [-0.39, 0.29) is 23.0 Å². The van der Waals surface area contributed by atoms with Crippen LogP contribution in [0.3, 0.4) is 0 Å². The standard InChI is InChI=1S/C19H15Cl2N3O3/c1-11-2-4-14(20)8-16(11)24-19(26)13(9-22)6-12-3-5-17(15(21)7-12)27-10-18(23)25/h2-8H,10H2,1H3,(H2,23,25)(H,24,26). The van der Waals surface area contributed by atoms with Gasteiger partial charge in [0.15, 0.2) is 6.61 Å². The van der Waals surface area contributed by atoms with Gasteiger partial charge in [-0.2, -0.15) is 5.26 Å². The van der Waals surface area contributed by atoms with Crippen molar-refractivity contribution in [3.8, 4) is 11.8 Å². The summed E-state index contributed by atoms with van der Waals surface area (Å²) < 4.78 is 5.15. The summed E-state index contributed by atoms with van der Waals surface area (Å²) in [7, 11) is 0. The minimum absolute atomic E-state index is 0.115. The molecule has 2 aromatic rings. The highest BCUT2D eigenvalue weighted by Gasteiger charge is 2.12. The SMILES string of the molecule is Cc1ccc(Cl)cc1NC(=O)C(C#N)=Cc1ccc(OCC(N)=O)c(Cl)c1. The lowest BCUT2D eigenvalue weighted by Gasteiger charge is -2.09. The van der Waals surface area contributed by atoms with E-state index in [0.29, 0.717) is 16.3 Å². The molecule has 2 amide bonds. The van der Waals surface area contributed by atoms with Gasteiger partial charge in [0, 0.05) is 10.7 Å². The number of nitrogens with one attached hydrogen (secondary N) is 1. The van der Waals surface area contributed by atoms with E-state index in [0.717, 1.165) is 5.56 Å². The van der Waals surface area contributed by atoms with Crippen LogP contribution in [0.2, 0.25) is 10.0 Å². The molecule has 0 saturated heterocycles. The molecule has 2 rings (SSSR count). The average Bonchev–Trinajstić information content (AvgIpc) is 2.61. The number of hydrogen-bond acceptors (Lipinski definition) is 4. The molecular formula is C19H15Cl2N3O3. The van der Waals surface area contributed by atoms with Gasteiger partial charge in [0.05, 0.1) is 5.02 Å². The summed E-state index contributed by atoms with van der Waals surface area (Å²) in [5.74, 6) is -0.937. The first-order chi connectivity index (χ1) is 12.8. The number of carbonyl (C=O) groups is 2. The summed E-state index contributed by atoms with van der Waals surface area (Å²) in [5, 5.41) is 12.7. The second kappa shape index (κ2) is 9.08. The van der Waals surface area contributed by atoms with Crippen molar-refractivity contribution in [3.05, 3.63) is 63.1 Å². The van der Waals surface area contributed by atoms with E-state index in [1.165, 1.54) is 18.2 Å². The van der Waals surface area contributed by atoms with Crippen molar-refractivity contribution in [2.45, 2.75) is 6.92 Å². The van der Waals surface area contributed by atoms with Gasteiger partial charge in [0.1, 0.15) is 17.4 Å². The Kier molecular flexibility index (Phi) is 6.83. The first kappa shape index (κ1) is 20.3. The second-order valence-electron chi connectivity index (χ2n) is 5.53. The van der Waals surface area contributed by atoms with Crippen molar-refractivity contribution in [2.75, 3.05) is 11.9 Å². The molecule has 0 bridgehead atoms. The van der Waals surface area contributed by atoms with Crippen molar-refractivity contribution in [3.63, 3.8) is 0 Å². The zero-order valence-electron chi connectivity index (χ0n) is 14.3. The van der Waals surface area contributed by atoms with Crippen molar-refractivity contribution in [2.24, 2.45) is 5.73 Å². The highest BCUT2D eigenvalue weighted by atomic mass is 35.5. The number of halogens is 2. The van der Waals surface area contributed by atoms with Gasteiger partial charge in [-0.05, 0) is 48.4 Å². The Morgan fingerprint density at radius 3 is 2.63 bits per heavy atom. The van der Waals surface area contributed by atoms with Crippen LogP contribution in [0.1, 0.15) is 11.1 Å². The van der Waals surface area contributed by atoms with Gasteiger partial charge >= 0.3 is 0 Å². The Morgan fingerprint density at radius 2 is 2.00 bits per heavy atom. The van der Waals surface area contributed by atoms with Crippen molar-refractivity contribution >= 4 is 46.8 Å². The number of ether oxygens (including phenoxy) is 1. The molecule has 3 N–H and O–H groups in total. The summed E-state index contributed by atoms with van der Waals surface area (Å²) in [6.07, 6.45) is 1.39. The second-order valence-corrected chi connectivity index (χ2v) is 6.37. The molecular weight excluding hydrogens is 389 g/mol. The molecule has 0 saturated carbocycles. The number of benzene rings is 2. The Bertz CT molecular complexity index is 965. The summed E-state index contributed by atoms with van der Waals surface area (Å²) in [5.41, 5.74) is 6.74. The molecule has 0 heterocycles. The molecule has 0 aliphatic heterocycles. The van der Waals surface area contributed by atoms with E-state index < -0.39 is 11.8 Å². The molecule has 0 aromatic heterocycles. The fourth-order valence-corrected chi connectivity index (χ4v) is 2.52. The maximum Gasteiger partial charge on any atom is 0.266 e. The van der Waals surface area contributed by atoms with Crippen LogP contribution in [0.25, 0.3) is 6.08 Å². The lowest BCUT2D eigenvalue weighted by atomic mass is 10.1. The molecule has 27 heavy (non-hydrogen) atoms. The number of aryl methyl sites for hydroxylation is 1. The number of hydrogen-bond donors (Lipinski definition) is 2. The molecule has 138 valence electrons. The molecule has 6 nitrogen and oxygen atoms in total. The Morgan fingerprint density at radius 1 is 1.26 bits per heavy atom. The first-order valence-corrected chi connectivity index (χ1v) is 8.45. The minimum Gasteiger partial charge on any atom is -0.482 e. The Labute approximate surface area is 166 Å². The molecule has 0 unspecified atom stereocenters. The quantitative estimate of drug-likeness (QED) is 0.566. The highest BCUT2D eigenvalue weighted by Crippen LogP contribution is 2.27. The van der Waals surface area contributed by atoms with Crippen LogP contribution < -0.4 is 15.8 Å². The van der Waals surface area contributed by atoms with Gasteiger partial charge in [-0.25, -0.2) is 0 Å². The maximum atomic E-state index is 12.4. The number of amides is 2. The third-order valence-corrected chi connectivity index (χ3v) is 3.98. The van der Waals surface area contributed by atoms with Crippen LogP contribution in [0.4, 0.5) is 5.69 Å². The normalized spacial score (nSPS) is 10.8. The highest BCUT2D eigenvalue weighted by molar-refractivity contribution is 6.32. The van der Waals surface area contributed by atoms with Gasteiger partial charge in [0.2, 0.25) is 0 Å². The van der Waals surface area contributed by atoms with E-state index in [2.05, 4.69) is 5.32 Å². The van der Waals surface area contributed by atoms with Gasteiger partial charge in [-0.15, -0.1) is 0 Å². The van der Waals surface area contributed by atoms with Gasteiger partial charge in [-0.3, -0.25) is 9.59 Å². The summed E-state index contributed by atoms with van der Waals surface area (Å²) in [6.45, 7) is 1.51. The zero-order valence-corrected chi connectivity index (χ0v) is 15.8. The minimum atomic E-state index is -0.630. The number of nitrogens with zero attached hydrogens (tertiary/aromatic N) is 1. The van der Waals surface area contributed by atoms with Crippen LogP contribution in [0, 0.1) is 18.3 Å². The van der Waals surface area contributed by atoms with E-state index >= 15 is 0 Å². The van der Waals surface area contributed by atoms with Crippen LogP contribution in [-0.4, -0.2) is 18.4 Å². The summed E-state index contributed by atoms with van der Waals surface area (Å²) in [6, 6.07) is 11.6. The number of primary amides is 1. The first-order valence-electron chi connectivity index (χ1n) is 7.70. The predicted octanol–water partition coefficient (Wildman–Crippen LogP) is 3.71. The number of rotatable bonds is 6. The molecule has 0 aliphatic rings. The number of nitriles is 1. The van der Waals surface area contributed by atoms with E-state index in [1.54, 1.807) is 24.3 Å². The maximum absolute atomic E-state index is 12.4. The Hall–Kier alpha value is -3.01. The van der Waals surface area contributed by atoms with Crippen molar-refractivity contribution in [1.82, 2.24) is 0 Å². The fraction of sp³-hybridized carbons (Fsp3) is 0.105. The van der Waals surface area contributed by atoms with Crippen molar-refractivity contribution in [1.29, 1.82) is 5.26 Å². The number of carbonyl (C=O) groups excluding carboxylic acids is 2. The largest absolute Gasteiger partial charge is 0.482 e. The number of anilines is 1. The molecule has 0 spiro atoms. The molecule has 8 heteroatoms. The fourth-order valence-electron chi connectivity index (χ4n) is 2.11. The van der Waals surface area contributed by atoms with Gasteiger partial charge in [-0.1, -0.05) is 35.3 Å². The number of nitrogens with two attached hydrogens (primary N) is 1. The monoisotopic (exact) mass is 403 g/mol. The van der Waals surface area contributed by atoms with Crippen LogP contribution in [0.5, 0.6) is 5.75 Å². The molecule has 0 radical (unpaired) electrons. The third kappa shape index (κ3) is 5.74. The van der Waals surface area contributed by atoms with E-state index in [9.17, 15) is 14.9 Å². The summed E-state index contributed by atoms with van der Waals surface area (Å²) >= 11 is 12.0. The topological polar surface area (TPSA) is 105 Å². The predicted molar refractivity (Wildman–Crippen MR) is 105 cm³/mol. The van der Waals surface area contributed by atoms with Gasteiger partial charge < -0.3 is 15.8 Å². The smallest absolute Gasteiger partial charge is 0.266 e. The van der Waals surface area contributed by atoms with E-state index in [1.807, 2.05) is 13.0 Å². The van der Waals surface area contributed by atoms with Crippen LogP contribution in [0.15, 0.2) is 42.0 Å². The molecule has 0 atom stereocenters. The lowest BCUT2D eigenvalue weighted by Crippen LogP contribution is -2.20.